The molecule has 6 heteroatoms. The van der Waals surface area contributed by atoms with Crippen LogP contribution in [0, 0.1) is 13.8 Å². The summed E-state index contributed by atoms with van der Waals surface area (Å²) in [5.74, 6) is -0.235. The summed E-state index contributed by atoms with van der Waals surface area (Å²) >= 11 is 3.41. The van der Waals surface area contributed by atoms with Gasteiger partial charge in [0.15, 0.2) is 0 Å². The third-order valence-corrected chi connectivity index (χ3v) is 4.74. The summed E-state index contributed by atoms with van der Waals surface area (Å²) in [6.45, 7) is 6.49. The van der Waals surface area contributed by atoms with Crippen LogP contribution in [0.5, 0.6) is 0 Å². The van der Waals surface area contributed by atoms with E-state index in [1.54, 1.807) is 6.07 Å². The number of amides is 1. The van der Waals surface area contributed by atoms with E-state index in [0.29, 0.717) is 12.1 Å². The van der Waals surface area contributed by atoms with Crippen LogP contribution in [0.4, 0.5) is 0 Å². The molecule has 0 bridgehead atoms. The Bertz CT molecular complexity index is 990. The van der Waals surface area contributed by atoms with Gasteiger partial charge < -0.3 is 0 Å². The lowest BCUT2D eigenvalue weighted by atomic mass is 10.1. The first kappa shape index (κ1) is 19.0. The van der Waals surface area contributed by atoms with Crippen molar-refractivity contribution in [1.29, 1.82) is 0 Å². The van der Waals surface area contributed by atoms with Gasteiger partial charge in [-0.2, -0.15) is 10.2 Å². The van der Waals surface area contributed by atoms with Crippen LogP contribution in [0.3, 0.4) is 0 Å². The van der Waals surface area contributed by atoms with Crippen LogP contribution in [0.1, 0.15) is 39.8 Å². The van der Waals surface area contributed by atoms with Crippen LogP contribution in [-0.4, -0.2) is 21.4 Å². The molecule has 1 heterocycles. The van der Waals surface area contributed by atoms with Crippen LogP contribution in [0.25, 0.3) is 0 Å². The number of halogens is 1. The lowest BCUT2D eigenvalue weighted by Crippen LogP contribution is -2.19. The van der Waals surface area contributed by atoms with E-state index < -0.39 is 0 Å². The third kappa shape index (κ3) is 4.92. The molecule has 0 aliphatic carbocycles. The lowest BCUT2D eigenvalue weighted by molar-refractivity contribution is 0.0954. The predicted octanol–water partition coefficient (Wildman–Crippen LogP) is 4.46. The van der Waals surface area contributed by atoms with Gasteiger partial charge in [0.25, 0.3) is 5.91 Å². The van der Waals surface area contributed by atoms with Crippen molar-refractivity contribution in [2.75, 3.05) is 0 Å². The maximum atomic E-state index is 12.5. The van der Waals surface area contributed by atoms with E-state index in [2.05, 4.69) is 31.6 Å². The van der Waals surface area contributed by atoms with Crippen molar-refractivity contribution >= 4 is 27.5 Å². The summed E-state index contributed by atoms with van der Waals surface area (Å²) in [4.78, 5) is 12.5. The van der Waals surface area contributed by atoms with Gasteiger partial charge in [-0.3, -0.25) is 9.48 Å². The number of aromatic nitrogens is 2. The number of rotatable bonds is 5. The van der Waals surface area contributed by atoms with E-state index in [4.69, 9.17) is 0 Å². The van der Waals surface area contributed by atoms with Crippen LogP contribution in [0.15, 0.2) is 64.2 Å². The minimum atomic E-state index is -0.235. The molecule has 0 saturated carbocycles. The van der Waals surface area contributed by atoms with Gasteiger partial charge in [-0.25, -0.2) is 5.43 Å². The first-order chi connectivity index (χ1) is 12.9. The van der Waals surface area contributed by atoms with Crippen molar-refractivity contribution in [3.63, 3.8) is 0 Å². The Morgan fingerprint density at radius 1 is 1.11 bits per heavy atom. The van der Waals surface area contributed by atoms with Crippen molar-refractivity contribution < 1.29 is 4.79 Å². The zero-order valence-corrected chi connectivity index (χ0v) is 17.1. The van der Waals surface area contributed by atoms with Crippen LogP contribution in [-0.2, 0) is 6.54 Å². The fourth-order valence-electron chi connectivity index (χ4n) is 2.77. The minimum Gasteiger partial charge on any atom is -0.267 e. The topological polar surface area (TPSA) is 59.3 Å². The molecule has 1 amide bonds. The Hall–Kier alpha value is -2.73. The molecular formula is C21H21BrN4O. The second kappa shape index (κ2) is 8.31. The summed E-state index contributed by atoms with van der Waals surface area (Å²) < 4.78 is 2.94. The molecule has 2 aromatic carbocycles. The Balaban J connectivity index is 1.70. The highest BCUT2D eigenvalue weighted by Crippen LogP contribution is 2.12. The van der Waals surface area contributed by atoms with Gasteiger partial charge in [0.2, 0.25) is 0 Å². The molecule has 3 aromatic rings. The standard InChI is InChI=1S/C21H21BrN4O/c1-14-11-15(2)26(25-14)13-17-5-4-6-19(12-17)21(27)24-23-16(3)18-7-9-20(22)10-8-18/h4-12H,13H2,1-3H3,(H,24,27). The number of hydrogen-bond donors (Lipinski definition) is 1. The van der Waals surface area contributed by atoms with E-state index in [9.17, 15) is 4.79 Å². The number of benzene rings is 2. The third-order valence-electron chi connectivity index (χ3n) is 4.21. The van der Waals surface area contributed by atoms with Crippen molar-refractivity contribution in [3.8, 4) is 0 Å². The molecular weight excluding hydrogens is 404 g/mol. The molecule has 0 fully saturated rings. The molecule has 0 saturated heterocycles. The fraction of sp³-hybridized carbons (Fsp3) is 0.190. The zero-order chi connectivity index (χ0) is 19.4. The van der Waals surface area contributed by atoms with Gasteiger partial charge in [-0.15, -0.1) is 0 Å². The number of carbonyl (C=O) groups is 1. The van der Waals surface area contributed by atoms with Gasteiger partial charge >= 0.3 is 0 Å². The van der Waals surface area contributed by atoms with E-state index >= 15 is 0 Å². The lowest BCUT2D eigenvalue weighted by Gasteiger charge is -2.07. The highest BCUT2D eigenvalue weighted by atomic mass is 79.9. The number of nitrogens with one attached hydrogen (secondary N) is 1. The van der Waals surface area contributed by atoms with Gasteiger partial charge in [-0.1, -0.05) is 40.2 Å². The predicted molar refractivity (Wildman–Crippen MR) is 111 cm³/mol. The molecule has 1 aromatic heterocycles. The number of hydrogen-bond acceptors (Lipinski definition) is 3. The molecule has 0 radical (unpaired) electrons. The first-order valence-electron chi connectivity index (χ1n) is 8.63. The first-order valence-corrected chi connectivity index (χ1v) is 9.42. The Kier molecular flexibility index (Phi) is 5.86. The molecule has 1 N–H and O–H groups in total. The average Bonchev–Trinajstić information content (AvgIpc) is 2.97. The highest BCUT2D eigenvalue weighted by Gasteiger charge is 2.08. The van der Waals surface area contributed by atoms with E-state index in [0.717, 1.165) is 32.7 Å². The Morgan fingerprint density at radius 2 is 1.85 bits per heavy atom. The van der Waals surface area contributed by atoms with Gasteiger partial charge in [-0.05, 0) is 62.2 Å². The number of hydrazone groups is 1. The molecule has 0 aliphatic heterocycles. The van der Waals surface area contributed by atoms with Gasteiger partial charge in [0, 0.05) is 15.7 Å². The van der Waals surface area contributed by atoms with Crippen molar-refractivity contribution in [3.05, 3.63) is 87.1 Å². The van der Waals surface area contributed by atoms with Gasteiger partial charge in [0.1, 0.15) is 0 Å². The summed E-state index contributed by atoms with van der Waals surface area (Å²) in [7, 11) is 0. The monoisotopic (exact) mass is 424 g/mol. The molecule has 0 spiro atoms. The van der Waals surface area contributed by atoms with E-state index in [-0.39, 0.29) is 5.91 Å². The molecule has 3 rings (SSSR count). The normalized spacial score (nSPS) is 11.5. The summed E-state index contributed by atoms with van der Waals surface area (Å²) in [6.07, 6.45) is 0. The van der Waals surface area contributed by atoms with Crippen LogP contribution >= 0.6 is 15.9 Å². The van der Waals surface area contributed by atoms with Crippen molar-refractivity contribution in [2.24, 2.45) is 5.10 Å². The number of nitrogens with zero attached hydrogens (tertiary/aromatic N) is 3. The van der Waals surface area contributed by atoms with Crippen molar-refractivity contribution in [1.82, 2.24) is 15.2 Å². The average molecular weight is 425 g/mol. The van der Waals surface area contributed by atoms with E-state index in [1.807, 2.05) is 74.0 Å². The van der Waals surface area contributed by atoms with Gasteiger partial charge in [0.05, 0.1) is 18.0 Å². The molecule has 0 atom stereocenters. The smallest absolute Gasteiger partial charge is 0.267 e. The van der Waals surface area contributed by atoms with E-state index in [1.165, 1.54) is 0 Å². The molecule has 27 heavy (non-hydrogen) atoms. The summed E-state index contributed by atoms with van der Waals surface area (Å²) in [5, 5.41) is 8.69. The number of aryl methyl sites for hydroxylation is 2. The molecule has 138 valence electrons. The highest BCUT2D eigenvalue weighted by molar-refractivity contribution is 9.10. The SMILES string of the molecule is CC(=NNC(=O)c1cccc(Cn2nc(C)cc2C)c1)c1ccc(Br)cc1. The molecule has 0 unspecified atom stereocenters. The number of carbonyl (C=O) groups excluding carboxylic acids is 1. The summed E-state index contributed by atoms with van der Waals surface area (Å²) in [6, 6.07) is 17.3. The maximum absolute atomic E-state index is 12.5. The quantitative estimate of drug-likeness (QED) is 0.485. The van der Waals surface area contributed by atoms with Crippen LogP contribution < -0.4 is 5.43 Å². The molecule has 0 aliphatic rings. The van der Waals surface area contributed by atoms with Crippen molar-refractivity contribution in [2.45, 2.75) is 27.3 Å². The maximum Gasteiger partial charge on any atom is 0.271 e. The molecule has 5 nitrogen and oxygen atoms in total. The fourth-order valence-corrected chi connectivity index (χ4v) is 3.04. The second-order valence-electron chi connectivity index (χ2n) is 6.43. The summed E-state index contributed by atoms with van der Waals surface area (Å²) in [5.41, 5.74) is 8.00. The minimum absolute atomic E-state index is 0.235. The van der Waals surface area contributed by atoms with Crippen LogP contribution in [0.2, 0.25) is 0 Å². The Morgan fingerprint density at radius 3 is 2.52 bits per heavy atom. The largest absolute Gasteiger partial charge is 0.271 e. The second-order valence-corrected chi connectivity index (χ2v) is 7.35. The zero-order valence-electron chi connectivity index (χ0n) is 15.5. The Labute approximate surface area is 167 Å².